The molecular weight excluding hydrogens is 312 g/mol. The molecule has 116 valence electrons. The van der Waals surface area contributed by atoms with E-state index in [0.29, 0.717) is 11.1 Å². The van der Waals surface area contributed by atoms with Gasteiger partial charge in [-0.05, 0) is 29.2 Å². The zero-order valence-corrected chi connectivity index (χ0v) is 14.4. The van der Waals surface area contributed by atoms with Crippen LogP contribution in [0.5, 0.6) is 0 Å². The van der Waals surface area contributed by atoms with Gasteiger partial charge in [0.2, 0.25) is 0 Å². The van der Waals surface area contributed by atoms with Crippen molar-refractivity contribution in [2.45, 2.75) is 19.1 Å². The fourth-order valence-corrected chi connectivity index (χ4v) is 3.13. The van der Waals surface area contributed by atoms with Gasteiger partial charge < -0.3 is 5.73 Å². The van der Waals surface area contributed by atoms with E-state index in [1.807, 2.05) is 42.5 Å². The molecule has 0 heterocycles. The molecule has 0 unspecified atom stereocenters. The summed E-state index contributed by atoms with van der Waals surface area (Å²) in [5.74, 6) is 0.504. The van der Waals surface area contributed by atoms with Crippen molar-refractivity contribution < 1.29 is 0 Å². The molecule has 4 heteroatoms. The van der Waals surface area contributed by atoms with Gasteiger partial charge in [0.15, 0.2) is 5.17 Å². The van der Waals surface area contributed by atoms with Crippen LogP contribution in [0, 0.1) is 5.92 Å². The Morgan fingerprint density at radius 2 is 1.64 bits per heavy atom. The van der Waals surface area contributed by atoms with Crippen molar-refractivity contribution in [3.63, 3.8) is 0 Å². The maximum atomic E-state index is 6.11. The number of nitrogens with zero attached hydrogens (tertiary/aromatic N) is 1. The Balaban J connectivity index is 2.26. The molecule has 0 saturated heterocycles. The molecule has 1 atom stereocenters. The van der Waals surface area contributed by atoms with E-state index in [-0.39, 0.29) is 5.25 Å². The monoisotopic (exact) mass is 332 g/mol. The zero-order valence-electron chi connectivity index (χ0n) is 12.9. The number of benzene rings is 2. The molecule has 0 amide bonds. The number of halogens is 1. The van der Waals surface area contributed by atoms with Crippen molar-refractivity contribution in [2.75, 3.05) is 6.54 Å². The molecule has 22 heavy (non-hydrogen) atoms. The number of thioether (sulfide) groups is 1. The summed E-state index contributed by atoms with van der Waals surface area (Å²) in [6.07, 6.45) is 0. The van der Waals surface area contributed by atoms with Crippen LogP contribution in [0.3, 0.4) is 0 Å². The van der Waals surface area contributed by atoms with Crippen molar-refractivity contribution in [2.24, 2.45) is 16.6 Å². The molecule has 0 spiro atoms. The molecule has 2 N–H and O–H groups in total. The molecular formula is C18H21ClN2S. The molecule has 2 nitrogen and oxygen atoms in total. The van der Waals surface area contributed by atoms with Gasteiger partial charge in [-0.25, -0.2) is 0 Å². The Labute approximate surface area is 141 Å². The van der Waals surface area contributed by atoms with Gasteiger partial charge >= 0.3 is 0 Å². The van der Waals surface area contributed by atoms with E-state index >= 15 is 0 Å². The van der Waals surface area contributed by atoms with Gasteiger partial charge in [0, 0.05) is 11.6 Å². The Morgan fingerprint density at radius 3 is 2.23 bits per heavy atom. The van der Waals surface area contributed by atoms with Crippen LogP contribution in [0.25, 0.3) is 0 Å². The van der Waals surface area contributed by atoms with Crippen LogP contribution in [-0.4, -0.2) is 11.7 Å². The molecule has 0 radical (unpaired) electrons. The van der Waals surface area contributed by atoms with Crippen LogP contribution in [0.2, 0.25) is 5.02 Å². The topological polar surface area (TPSA) is 38.4 Å². The van der Waals surface area contributed by atoms with Crippen LogP contribution >= 0.6 is 23.4 Å². The van der Waals surface area contributed by atoms with Gasteiger partial charge in [0.25, 0.3) is 0 Å². The lowest BCUT2D eigenvalue weighted by molar-refractivity contribution is 0.666. The first-order valence-corrected chi connectivity index (χ1v) is 8.59. The number of rotatable bonds is 5. The van der Waals surface area contributed by atoms with Gasteiger partial charge in [-0.15, -0.1) is 0 Å². The second-order valence-electron chi connectivity index (χ2n) is 5.53. The quantitative estimate of drug-likeness (QED) is 0.608. The molecule has 2 rings (SSSR count). The highest BCUT2D eigenvalue weighted by atomic mass is 35.5. The number of nitrogens with two attached hydrogens (primary N) is 1. The molecule has 0 aliphatic carbocycles. The lowest BCUT2D eigenvalue weighted by atomic mass is 10.0. The summed E-state index contributed by atoms with van der Waals surface area (Å²) >= 11 is 7.58. The first-order valence-electron chi connectivity index (χ1n) is 7.33. The molecule has 2 aromatic rings. The first kappa shape index (κ1) is 16.9. The lowest BCUT2D eigenvalue weighted by Crippen LogP contribution is -2.12. The van der Waals surface area contributed by atoms with E-state index in [0.717, 1.165) is 11.6 Å². The average molecular weight is 333 g/mol. The van der Waals surface area contributed by atoms with Crippen molar-refractivity contribution in [3.05, 3.63) is 70.7 Å². The van der Waals surface area contributed by atoms with E-state index in [1.165, 1.54) is 11.1 Å². The van der Waals surface area contributed by atoms with E-state index in [9.17, 15) is 0 Å². The number of amidine groups is 1. The van der Waals surface area contributed by atoms with E-state index in [1.54, 1.807) is 11.8 Å². The summed E-state index contributed by atoms with van der Waals surface area (Å²) < 4.78 is 0. The second-order valence-corrected chi connectivity index (χ2v) is 7.09. The van der Waals surface area contributed by atoms with Gasteiger partial charge in [-0.1, -0.05) is 79.7 Å². The fourth-order valence-electron chi connectivity index (χ4n) is 2.02. The average Bonchev–Trinajstić information content (AvgIpc) is 2.52. The van der Waals surface area contributed by atoms with Gasteiger partial charge in [-0.2, -0.15) is 0 Å². The summed E-state index contributed by atoms with van der Waals surface area (Å²) in [6.45, 7) is 5.02. The normalized spacial score (nSPS) is 13.4. The van der Waals surface area contributed by atoms with Crippen LogP contribution in [0.4, 0.5) is 0 Å². The van der Waals surface area contributed by atoms with Crippen molar-refractivity contribution >= 4 is 28.5 Å². The highest BCUT2D eigenvalue weighted by Gasteiger charge is 2.16. The van der Waals surface area contributed by atoms with E-state index in [4.69, 9.17) is 17.3 Å². The fraction of sp³-hybridized carbons (Fsp3) is 0.278. The summed E-state index contributed by atoms with van der Waals surface area (Å²) in [5.41, 5.74) is 8.49. The lowest BCUT2D eigenvalue weighted by Gasteiger charge is -2.17. The van der Waals surface area contributed by atoms with Crippen LogP contribution in [0.15, 0.2) is 59.6 Å². The van der Waals surface area contributed by atoms with Crippen LogP contribution in [-0.2, 0) is 0 Å². The Kier molecular flexibility index (Phi) is 6.34. The van der Waals surface area contributed by atoms with Gasteiger partial charge in [0.1, 0.15) is 0 Å². The van der Waals surface area contributed by atoms with Crippen molar-refractivity contribution in [3.8, 4) is 0 Å². The second kappa shape index (κ2) is 8.25. The predicted octanol–water partition coefficient (Wildman–Crippen LogP) is 5.13. The largest absolute Gasteiger partial charge is 0.379 e. The third-order valence-electron chi connectivity index (χ3n) is 3.13. The van der Waals surface area contributed by atoms with Gasteiger partial charge in [0.05, 0.1) is 5.25 Å². The minimum atomic E-state index is 0.120. The highest BCUT2D eigenvalue weighted by Crippen LogP contribution is 2.36. The van der Waals surface area contributed by atoms with Crippen LogP contribution < -0.4 is 5.73 Å². The molecule has 0 fully saturated rings. The third-order valence-corrected chi connectivity index (χ3v) is 4.53. The third kappa shape index (κ3) is 5.08. The molecule has 2 aromatic carbocycles. The number of hydrogen-bond acceptors (Lipinski definition) is 2. The molecule has 0 saturated carbocycles. The summed E-state index contributed by atoms with van der Waals surface area (Å²) in [4.78, 5) is 4.46. The molecule has 0 aromatic heterocycles. The van der Waals surface area contributed by atoms with E-state index in [2.05, 4.69) is 31.0 Å². The molecule has 0 bridgehead atoms. The number of hydrogen-bond donors (Lipinski definition) is 1. The zero-order chi connectivity index (χ0) is 15.9. The summed E-state index contributed by atoms with van der Waals surface area (Å²) in [6, 6.07) is 18.2. The maximum absolute atomic E-state index is 6.11. The Bertz CT molecular complexity index is 609. The van der Waals surface area contributed by atoms with E-state index < -0.39 is 0 Å². The Morgan fingerprint density at radius 1 is 1.05 bits per heavy atom. The predicted molar refractivity (Wildman–Crippen MR) is 98.7 cm³/mol. The number of aliphatic imine (C=N–C) groups is 1. The SMILES string of the molecule is CC(C)CN=C(N)S[C@@H](c1ccccc1)c1ccc(Cl)cc1. The smallest absolute Gasteiger partial charge is 0.154 e. The molecule has 0 aliphatic rings. The standard InChI is InChI=1S/C18H21ClN2S/c1-13(2)12-21-18(20)22-17(14-6-4-3-5-7-14)15-8-10-16(19)11-9-15/h3-11,13,17H,12H2,1-2H3,(H2,20,21)/t17-/m0/s1. The first-order chi connectivity index (χ1) is 10.6. The van der Waals surface area contributed by atoms with Crippen LogP contribution in [0.1, 0.15) is 30.2 Å². The summed E-state index contributed by atoms with van der Waals surface area (Å²) in [7, 11) is 0. The minimum Gasteiger partial charge on any atom is -0.379 e. The summed E-state index contributed by atoms with van der Waals surface area (Å²) in [5, 5.41) is 1.48. The minimum absolute atomic E-state index is 0.120. The van der Waals surface area contributed by atoms with Crippen molar-refractivity contribution in [1.82, 2.24) is 0 Å². The highest BCUT2D eigenvalue weighted by molar-refractivity contribution is 8.14. The Hall–Kier alpha value is -1.45. The van der Waals surface area contributed by atoms with Crippen molar-refractivity contribution in [1.29, 1.82) is 0 Å². The molecule has 0 aliphatic heterocycles. The maximum Gasteiger partial charge on any atom is 0.154 e. The van der Waals surface area contributed by atoms with Gasteiger partial charge in [-0.3, -0.25) is 4.99 Å².